The predicted octanol–water partition coefficient (Wildman–Crippen LogP) is 4.24. The summed E-state index contributed by atoms with van der Waals surface area (Å²) in [5, 5.41) is 2.38. The van der Waals surface area contributed by atoms with Gasteiger partial charge in [-0.2, -0.15) is 13.2 Å². The monoisotopic (exact) mass is 473 g/mol. The zero-order chi connectivity index (χ0) is 24.5. The van der Waals surface area contributed by atoms with Crippen LogP contribution in [0.4, 0.5) is 23.2 Å². The largest absolute Gasteiger partial charge is 0.417 e. The first kappa shape index (κ1) is 25.3. The molecule has 6 nitrogen and oxygen atoms in total. The first-order chi connectivity index (χ1) is 14.5. The van der Waals surface area contributed by atoms with Crippen molar-refractivity contribution in [1.29, 1.82) is 0 Å². The topological polar surface area (TPSA) is 88.2 Å². The SMILES string of the molecule is C=C(C(=O)NCc1ccc(NS(C)(=O)=O)c(F)c1)c1cnc(C(C)(C)C)cc1C(F)(F)F. The summed E-state index contributed by atoms with van der Waals surface area (Å²) in [6.07, 6.45) is -2.89. The van der Waals surface area contributed by atoms with Gasteiger partial charge in [0.05, 0.1) is 17.5 Å². The average Bonchev–Trinajstić information content (AvgIpc) is 2.64. The van der Waals surface area contributed by atoms with E-state index in [1.165, 1.54) is 12.1 Å². The van der Waals surface area contributed by atoms with E-state index >= 15 is 0 Å². The van der Waals surface area contributed by atoms with E-state index in [1.54, 1.807) is 20.8 Å². The Hall–Kier alpha value is -2.95. The second-order valence-electron chi connectivity index (χ2n) is 8.21. The first-order valence-electron chi connectivity index (χ1n) is 9.30. The lowest BCUT2D eigenvalue weighted by Crippen LogP contribution is -2.25. The number of halogens is 4. The highest BCUT2D eigenvalue weighted by atomic mass is 32.2. The summed E-state index contributed by atoms with van der Waals surface area (Å²) in [6.45, 7) is 8.40. The molecule has 0 fully saturated rings. The van der Waals surface area contributed by atoms with Gasteiger partial charge in [0, 0.05) is 35.0 Å². The molecule has 2 N–H and O–H groups in total. The van der Waals surface area contributed by atoms with Gasteiger partial charge < -0.3 is 5.32 Å². The highest BCUT2D eigenvalue weighted by Crippen LogP contribution is 2.36. The van der Waals surface area contributed by atoms with E-state index in [0.717, 1.165) is 24.6 Å². The Morgan fingerprint density at radius 1 is 1.16 bits per heavy atom. The van der Waals surface area contributed by atoms with Gasteiger partial charge >= 0.3 is 6.18 Å². The molecule has 2 aromatic rings. The quantitative estimate of drug-likeness (QED) is 0.485. The molecule has 0 spiro atoms. The molecule has 0 aliphatic carbocycles. The summed E-state index contributed by atoms with van der Waals surface area (Å²) in [4.78, 5) is 16.5. The van der Waals surface area contributed by atoms with Gasteiger partial charge in [0.2, 0.25) is 10.0 Å². The zero-order valence-electron chi connectivity index (χ0n) is 17.9. The van der Waals surface area contributed by atoms with Crippen LogP contribution in [0.1, 0.15) is 43.2 Å². The van der Waals surface area contributed by atoms with Gasteiger partial charge in [-0.05, 0) is 23.8 Å². The van der Waals surface area contributed by atoms with Gasteiger partial charge in [0.25, 0.3) is 5.91 Å². The van der Waals surface area contributed by atoms with Crippen LogP contribution in [0.15, 0.2) is 37.0 Å². The Bertz CT molecular complexity index is 1150. The number of alkyl halides is 3. The summed E-state index contributed by atoms with van der Waals surface area (Å²) >= 11 is 0. The molecule has 32 heavy (non-hydrogen) atoms. The van der Waals surface area contributed by atoms with E-state index in [1.807, 2.05) is 4.72 Å². The minimum atomic E-state index is -4.73. The number of rotatable bonds is 6. The van der Waals surface area contributed by atoms with E-state index in [-0.39, 0.29) is 23.5 Å². The molecular weight excluding hydrogens is 450 g/mol. The Balaban J connectivity index is 2.21. The number of carbonyl (C=O) groups excluding carboxylic acids is 1. The summed E-state index contributed by atoms with van der Waals surface area (Å²) in [6, 6.07) is 4.43. The maximum atomic E-state index is 14.1. The molecular formula is C21H23F4N3O3S. The molecule has 0 bridgehead atoms. The molecule has 174 valence electrons. The number of carbonyl (C=O) groups is 1. The molecule has 0 unspecified atom stereocenters. The Morgan fingerprint density at radius 2 is 1.78 bits per heavy atom. The van der Waals surface area contributed by atoms with Crippen LogP contribution in [0.2, 0.25) is 0 Å². The highest BCUT2D eigenvalue weighted by molar-refractivity contribution is 7.92. The second-order valence-corrected chi connectivity index (χ2v) is 9.96. The maximum Gasteiger partial charge on any atom is 0.417 e. The van der Waals surface area contributed by atoms with Crippen molar-refractivity contribution >= 4 is 27.2 Å². The van der Waals surface area contributed by atoms with Gasteiger partial charge in [0.15, 0.2) is 0 Å². The van der Waals surface area contributed by atoms with Crippen LogP contribution in [0.3, 0.4) is 0 Å². The lowest BCUT2D eigenvalue weighted by atomic mass is 9.89. The third-order valence-corrected chi connectivity index (χ3v) is 4.95. The fourth-order valence-corrected chi connectivity index (χ4v) is 3.27. The number of amides is 1. The van der Waals surface area contributed by atoms with E-state index in [9.17, 15) is 30.8 Å². The molecule has 0 saturated carbocycles. The van der Waals surface area contributed by atoms with Crippen LogP contribution in [0.25, 0.3) is 5.57 Å². The fraction of sp³-hybridized carbons (Fsp3) is 0.333. The second kappa shape index (κ2) is 8.89. The van der Waals surface area contributed by atoms with Crippen molar-refractivity contribution in [3.63, 3.8) is 0 Å². The maximum absolute atomic E-state index is 14.1. The van der Waals surface area contributed by atoms with E-state index in [0.29, 0.717) is 0 Å². The van der Waals surface area contributed by atoms with Crippen LogP contribution >= 0.6 is 0 Å². The number of pyridine rings is 1. The molecule has 0 aliphatic heterocycles. The number of nitrogens with one attached hydrogen (secondary N) is 2. The molecule has 2 rings (SSSR count). The molecule has 11 heteroatoms. The van der Waals surface area contributed by atoms with E-state index in [4.69, 9.17) is 0 Å². The highest BCUT2D eigenvalue weighted by Gasteiger charge is 2.36. The molecule has 1 aromatic carbocycles. The Kier molecular flexibility index (Phi) is 7.03. The van der Waals surface area contributed by atoms with Crippen LogP contribution in [-0.4, -0.2) is 25.6 Å². The Morgan fingerprint density at radius 3 is 2.28 bits per heavy atom. The van der Waals surface area contributed by atoms with Crippen molar-refractivity contribution in [3.05, 3.63) is 65.2 Å². The first-order valence-corrected chi connectivity index (χ1v) is 11.2. The van der Waals surface area contributed by atoms with Crippen LogP contribution in [-0.2, 0) is 33.0 Å². The molecule has 0 radical (unpaired) electrons. The normalized spacial score (nSPS) is 12.4. The van der Waals surface area contributed by atoms with E-state index in [2.05, 4.69) is 16.9 Å². The van der Waals surface area contributed by atoms with Gasteiger partial charge in [-0.3, -0.25) is 14.5 Å². The minimum Gasteiger partial charge on any atom is -0.348 e. The predicted molar refractivity (Wildman–Crippen MR) is 114 cm³/mol. The number of anilines is 1. The summed E-state index contributed by atoms with van der Waals surface area (Å²) < 4.78 is 79.3. The average molecular weight is 473 g/mol. The van der Waals surface area contributed by atoms with Crippen molar-refractivity contribution in [2.75, 3.05) is 11.0 Å². The lowest BCUT2D eigenvalue weighted by molar-refractivity contribution is -0.137. The molecule has 0 saturated heterocycles. The van der Waals surface area contributed by atoms with Crippen molar-refractivity contribution < 1.29 is 30.8 Å². The van der Waals surface area contributed by atoms with Gasteiger partial charge in [-0.25, -0.2) is 12.8 Å². The van der Waals surface area contributed by atoms with E-state index < -0.39 is 50.0 Å². The minimum absolute atomic E-state index is 0.208. The number of hydrogen-bond acceptors (Lipinski definition) is 4. The van der Waals surface area contributed by atoms with Crippen LogP contribution in [0.5, 0.6) is 0 Å². The van der Waals surface area contributed by atoms with Crippen molar-refractivity contribution in [2.24, 2.45) is 0 Å². The summed E-state index contributed by atoms with van der Waals surface area (Å²) in [5.74, 6) is -1.76. The fourth-order valence-electron chi connectivity index (χ4n) is 2.70. The molecule has 1 aromatic heterocycles. The Labute approximate surface area is 183 Å². The van der Waals surface area contributed by atoms with Crippen LogP contribution < -0.4 is 10.0 Å². The van der Waals surface area contributed by atoms with Crippen molar-refractivity contribution in [1.82, 2.24) is 10.3 Å². The number of nitrogens with zero attached hydrogens (tertiary/aromatic N) is 1. The molecule has 0 aliphatic rings. The van der Waals surface area contributed by atoms with Crippen LogP contribution in [0, 0.1) is 5.82 Å². The smallest absolute Gasteiger partial charge is 0.348 e. The lowest BCUT2D eigenvalue weighted by Gasteiger charge is -2.21. The summed E-state index contributed by atoms with van der Waals surface area (Å²) in [5.41, 5.74) is -2.36. The molecule has 1 amide bonds. The number of hydrogen-bond donors (Lipinski definition) is 2. The van der Waals surface area contributed by atoms with Crippen molar-refractivity contribution in [3.8, 4) is 0 Å². The standard InChI is InChI=1S/C21H23F4N3O3S/c1-12(14-11-26-18(20(2,3)4)9-15(14)21(23,24)25)19(29)27-10-13-6-7-17(16(22)8-13)28-32(5,30)31/h6-9,11,28H,1,10H2,2-5H3,(H,27,29). The van der Waals surface area contributed by atoms with Gasteiger partial charge in [-0.15, -0.1) is 0 Å². The third kappa shape index (κ3) is 6.52. The molecule has 1 heterocycles. The van der Waals surface area contributed by atoms with Gasteiger partial charge in [-0.1, -0.05) is 33.4 Å². The third-order valence-electron chi connectivity index (χ3n) is 4.36. The number of benzene rings is 1. The summed E-state index contributed by atoms with van der Waals surface area (Å²) in [7, 11) is -3.68. The number of aromatic nitrogens is 1. The number of sulfonamides is 1. The van der Waals surface area contributed by atoms with Crippen molar-refractivity contribution in [2.45, 2.75) is 38.9 Å². The molecule has 0 atom stereocenters. The van der Waals surface area contributed by atoms with Gasteiger partial charge in [0.1, 0.15) is 5.82 Å². The zero-order valence-corrected chi connectivity index (χ0v) is 18.7.